The Morgan fingerprint density at radius 2 is 2.11 bits per heavy atom. The maximum Gasteiger partial charge on any atom is 0.274 e. The Balaban J connectivity index is 1.50. The van der Waals surface area contributed by atoms with E-state index in [9.17, 15) is 4.79 Å². The zero-order chi connectivity index (χ0) is 19.7. The number of hydrogen-bond donors (Lipinski definition) is 0. The van der Waals surface area contributed by atoms with Crippen molar-refractivity contribution >= 4 is 5.91 Å². The molecule has 28 heavy (non-hydrogen) atoms. The fourth-order valence-electron chi connectivity index (χ4n) is 3.81. The lowest BCUT2D eigenvalue weighted by atomic mass is 9.95. The third-order valence-electron chi connectivity index (χ3n) is 5.29. The highest BCUT2D eigenvalue weighted by Gasteiger charge is 2.25. The minimum atomic E-state index is -0.0344. The molecule has 0 fully saturated rings. The molecule has 2 aromatic heterocycles. The maximum absolute atomic E-state index is 13.0. The van der Waals surface area contributed by atoms with E-state index >= 15 is 0 Å². The summed E-state index contributed by atoms with van der Waals surface area (Å²) in [5.41, 5.74) is 4.80. The first-order valence-electron chi connectivity index (χ1n) is 9.55. The molecule has 146 valence electrons. The van der Waals surface area contributed by atoms with Gasteiger partial charge >= 0.3 is 0 Å². The fraction of sp³-hybridized carbons (Fsp3) is 0.381. The molecule has 0 spiro atoms. The number of rotatable bonds is 5. The number of methoxy groups -OCH3 is 1. The number of hydrogen-bond acceptors (Lipinski definition) is 4. The summed E-state index contributed by atoms with van der Waals surface area (Å²) in [6.45, 7) is 0.480. The first-order valence-corrected chi connectivity index (χ1v) is 9.55. The van der Waals surface area contributed by atoms with Crippen molar-refractivity contribution in [2.45, 2.75) is 32.2 Å². The smallest absolute Gasteiger partial charge is 0.274 e. The second-order valence-electron chi connectivity index (χ2n) is 7.26. The first-order chi connectivity index (χ1) is 13.6. The summed E-state index contributed by atoms with van der Waals surface area (Å²) in [5.74, 6) is 0.745. The zero-order valence-electron chi connectivity index (χ0n) is 16.6. The Labute approximate surface area is 164 Å². The van der Waals surface area contributed by atoms with Crippen molar-refractivity contribution in [1.82, 2.24) is 24.5 Å². The van der Waals surface area contributed by atoms with Gasteiger partial charge < -0.3 is 9.64 Å². The Kier molecular flexibility index (Phi) is 4.90. The number of aryl methyl sites for hydroxylation is 1. The lowest BCUT2D eigenvalue weighted by Crippen LogP contribution is -2.27. The zero-order valence-corrected chi connectivity index (χ0v) is 16.6. The largest absolute Gasteiger partial charge is 0.497 e. The normalized spacial score (nSPS) is 13.2. The number of carbonyl (C=O) groups is 1. The Morgan fingerprint density at radius 1 is 1.29 bits per heavy atom. The molecule has 0 atom stereocenters. The van der Waals surface area contributed by atoms with Crippen LogP contribution in [-0.4, -0.2) is 44.5 Å². The molecule has 0 bridgehead atoms. The van der Waals surface area contributed by atoms with Gasteiger partial charge in [-0.1, -0.05) is 6.07 Å². The Hall–Kier alpha value is -3.09. The molecule has 1 amide bonds. The van der Waals surface area contributed by atoms with E-state index < -0.39 is 0 Å². The SMILES string of the molecule is COc1cccc(-n2cc(CN(C)C(=O)c3nn(C)c4c3CCCC4)cn2)c1. The third-order valence-corrected chi connectivity index (χ3v) is 5.29. The van der Waals surface area contributed by atoms with Crippen LogP contribution in [-0.2, 0) is 26.4 Å². The average Bonchev–Trinajstić information content (AvgIpc) is 3.32. The molecule has 0 unspecified atom stereocenters. The van der Waals surface area contributed by atoms with Crippen LogP contribution in [0.5, 0.6) is 5.75 Å². The van der Waals surface area contributed by atoms with Gasteiger partial charge in [0.05, 0.1) is 19.0 Å². The van der Waals surface area contributed by atoms with Gasteiger partial charge in [-0.3, -0.25) is 9.48 Å². The van der Waals surface area contributed by atoms with Crippen LogP contribution in [0.25, 0.3) is 5.69 Å². The molecular formula is C21H25N5O2. The second kappa shape index (κ2) is 7.50. The summed E-state index contributed by atoms with van der Waals surface area (Å²) < 4.78 is 8.93. The summed E-state index contributed by atoms with van der Waals surface area (Å²) in [4.78, 5) is 14.7. The van der Waals surface area contributed by atoms with Crippen molar-refractivity contribution in [1.29, 1.82) is 0 Å². The number of aromatic nitrogens is 4. The van der Waals surface area contributed by atoms with Crippen LogP contribution in [0.1, 0.15) is 40.2 Å². The van der Waals surface area contributed by atoms with Crippen LogP contribution in [0.3, 0.4) is 0 Å². The van der Waals surface area contributed by atoms with E-state index in [-0.39, 0.29) is 5.91 Å². The monoisotopic (exact) mass is 379 g/mol. The minimum absolute atomic E-state index is 0.0344. The molecular weight excluding hydrogens is 354 g/mol. The van der Waals surface area contributed by atoms with Gasteiger partial charge in [-0.15, -0.1) is 0 Å². The molecule has 0 radical (unpaired) electrons. The number of amides is 1. The van der Waals surface area contributed by atoms with E-state index in [4.69, 9.17) is 4.74 Å². The predicted octanol–water partition coefficient (Wildman–Crippen LogP) is 2.77. The molecule has 1 aliphatic rings. The van der Waals surface area contributed by atoms with Crippen LogP contribution in [0.15, 0.2) is 36.7 Å². The molecule has 4 rings (SSSR count). The molecule has 0 saturated heterocycles. The molecule has 1 aromatic carbocycles. The lowest BCUT2D eigenvalue weighted by Gasteiger charge is -2.17. The molecule has 0 saturated carbocycles. The van der Waals surface area contributed by atoms with Gasteiger partial charge in [0.1, 0.15) is 5.75 Å². The third kappa shape index (κ3) is 3.40. The predicted molar refractivity (Wildman–Crippen MR) is 106 cm³/mol. The summed E-state index contributed by atoms with van der Waals surface area (Å²) in [7, 11) is 5.39. The van der Waals surface area contributed by atoms with Crippen LogP contribution >= 0.6 is 0 Å². The number of carbonyl (C=O) groups excluding carboxylic acids is 1. The van der Waals surface area contributed by atoms with Crippen molar-refractivity contribution in [3.8, 4) is 11.4 Å². The lowest BCUT2D eigenvalue weighted by molar-refractivity contribution is 0.0777. The highest BCUT2D eigenvalue weighted by molar-refractivity contribution is 5.94. The van der Waals surface area contributed by atoms with E-state index in [0.717, 1.165) is 41.8 Å². The van der Waals surface area contributed by atoms with Gasteiger partial charge in [-0.25, -0.2) is 4.68 Å². The molecule has 1 aliphatic carbocycles. The van der Waals surface area contributed by atoms with Crippen molar-refractivity contribution < 1.29 is 9.53 Å². The van der Waals surface area contributed by atoms with Crippen molar-refractivity contribution in [2.75, 3.05) is 14.2 Å². The molecule has 0 aliphatic heterocycles. The molecule has 2 heterocycles. The molecule has 3 aromatic rings. The van der Waals surface area contributed by atoms with Gasteiger partial charge in [0.25, 0.3) is 5.91 Å². The van der Waals surface area contributed by atoms with Crippen molar-refractivity contribution in [3.05, 3.63) is 59.2 Å². The van der Waals surface area contributed by atoms with E-state index in [1.165, 1.54) is 12.1 Å². The van der Waals surface area contributed by atoms with Crippen LogP contribution in [0.2, 0.25) is 0 Å². The number of nitrogens with zero attached hydrogens (tertiary/aromatic N) is 5. The molecule has 7 heteroatoms. The molecule has 7 nitrogen and oxygen atoms in total. The van der Waals surface area contributed by atoms with Gasteiger partial charge in [0.15, 0.2) is 5.69 Å². The number of ether oxygens (including phenoxy) is 1. The highest BCUT2D eigenvalue weighted by atomic mass is 16.5. The average molecular weight is 379 g/mol. The van der Waals surface area contributed by atoms with Crippen LogP contribution < -0.4 is 4.74 Å². The standard InChI is InChI=1S/C21H25N5O2/c1-24(21(27)20-18-9-4-5-10-19(18)25(2)23-20)13-15-12-22-26(14-15)16-7-6-8-17(11-16)28-3/h6-8,11-12,14H,4-5,9-10,13H2,1-3H3. The van der Waals surface area contributed by atoms with Crippen LogP contribution in [0.4, 0.5) is 0 Å². The van der Waals surface area contributed by atoms with Gasteiger partial charge in [0, 0.05) is 49.7 Å². The minimum Gasteiger partial charge on any atom is -0.497 e. The summed E-state index contributed by atoms with van der Waals surface area (Å²) >= 11 is 0. The second-order valence-corrected chi connectivity index (χ2v) is 7.26. The first kappa shape index (κ1) is 18.3. The summed E-state index contributed by atoms with van der Waals surface area (Å²) in [6, 6.07) is 7.71. The molecule has 0 N–H and O–H groups in total. The van der Waals surface area contributed by atoms with E-state index in [2.05, 4.69) is 10.2 Å². The number of fused-ring (bicyclic) bond motifs is 1. The summed E-state index contributed by atoms with van der Waals surface area (Å²) in [5, 5.41) is 8.94. The maximum atomic E-state index is 13.0. The van der Waals surface area contributed by atoms with Gasteiger partial charge in [-0.05, 0) is 37.8 Å². The summed E-state index contributed by atoms with van der Waals surface area (Å²) in [6.07, 6.45) is 7.95. The van der Waals surface area contributed by atoms with Crippen LogP contribution in [0, 0.1) is 0 Å². The van der Waals surface area contributed by atoms with Crippen molar-refractivity contribution in [3.63, 3.8) is 0 Å². The topological polar surface area (TPSA) is 65.2 Å². The van der Waals surface area contributed by atoms with Gasteiger partial charge in [-0.2, -0.15) is 10.2 Å². The fourth-order valence-corrected chi connectivity index (χ4v) is 3.81. The quantitative estimate of drug-likeness (QED) is 0.684. The van der Waals surface area contributed by atoms with E-state index in [0.29, 0.717) is 12.2 Å². The van der Waals surface area contributed by atoms with Gasteiger partial charge in [0.2, 0.25) is 0 Å². The highest BCUT2D eigenvalue weighted by Crippen LogP contribution is 2.25. The Bertz CT molecular complexity index is 1000. The van der Waals surface area contributed by atoms with E-state index in [1.807, 2.05) is 49.2 Å². The van der Waals surface area contributed by atoms with Crippen molar-refractivity contribution in [2.24, 2.45) is 7.05 Å². The number of benzene rings is 1. The van der Waals surface area contributed by atoms with E-state index in [1.54, 1.807) is 22.9 Å². The Morgan fingerprint density at radius 3 is 2.93 bits per heavy atom.